The molecule has 0 saturated carbocycles. The lowest BCUT2D eigenvalue weighted by Crippen LogP contribution is -2.33. The van der Waals surface area contributed by atoms with E-state index < -0.39 is 52.1 Å². The summed E-state index contributed by atoms with van der Waals surface area (Å²) in [7, 11) is -9.43. The van der Waals surface area contributed by atoms with E-state index in [-0.39, 0.29) is 5.28 Å². The van der Waals surface area contributed by atoms with E-state index in [0.29, 0.717) is 16.9 Å². The molecule has 0 amide bonds. The molecule has 2 aromatic heterocycles. The number of thiophene rings is 1. The van der Waals surface area contributed by atoms with Crippen LogP contribution in [0.2, 0.25) is 5.28 Å². The number of aliphatic hydroxyl groups is 2. The van der Waals surface area contributed by atoms with Crippen LogP contribution in [0.1, 0.15) is 24.5 Å². The second-order valence-electron chi connectivity index (χ2n) is 7.69. The molecule has 32 heavy (non-hydrogen) atoms. The first-order valence-corrected chi connectivity index (χ1v) is 14.5. The molecular weight excluding hydrogens is 508 g/mol. The highest BCUT2D eigenvalue weighted by atomic mass is 35.5. The summed E-state index contributed by atoms with van der Waals surface area (Å²) in [5.41, 5.74) is 0.954. The van der Waals surface area contributed by atoms with Crippen LogP contribution in [0.4, 0.5) is 5.82 Å². The Hall–Kier alpha value is -0.690. The minimum Gasteiger partial charge on any atom is -0.387 e. The molecule has 0 spiro atoms. The minimum absolute atomic E-state index is 0.0330. The van der Waals surface area contributed by atoms with E-state index in [1.807, 2.05) is 0 Å². The predicted octanol–water partition coefficient (Wildman–Crippen LogP) is 1.44. The second kappa shape index (κ2) is 9.16. The normalized spacial score (nSPS) is 28.5. The maximum absolute atomic E-state index is 11.9. The summed E-state index contributed by atoms with van der Waals surface area (Å²) in [5, 5.41) is 22.7. The number of aromatic nitrogens is 2. The molecule has 2 aromatic rings. The van der Waals surface area contributed by atoms with Crippen molar-refractivity contribution in [3.8, 4) is 0 Å². The standard InChI is InChI=1S/C16H22ClN3O9P2S/c17-16-18-10-8(6-32-14(10)15(19-16)20-3-1-2-4-20)13-12(22)11(21)9(29-13)5-28-31(26,27)7-30(23,24)25/h6,9,11-13,21-22H,1-5,7H2,(H,26,27)(H2,23,24,25)/t9-,11?,12?,13+/m1/s1. The lowest BCUT2D eigenvalue weighted by Gasteiger charge is -2.18. The summed E-state index contributed by atoms with van der Waals surface area (Å²) in [4.78, 5) is 38.1. The summed E-state index contributed by atoms with van der Waals surface area (Å²) in [6.07, 6.45) is -3.03. The van der Waals surface area contributed by atoms with E-state index in [9.17, 15) is 24.2 Å². The Balaban J connectivity index is 1.55. The summed E-state index contributed by atoms with van der Waals surface area (Å²) in [6, 6.07) is 0. The number of hydrogen-bond acceptors (Lipinski definition) is 10. The first kappa shape index (κ1) is 24.4. The molecule has 2 fully saturated rings. The monoisotopic (exact) mass is 529 g/mol. The molecule has 4 heterocycles. The van der Waals surface area contributed by atoms with Gasteiger partial charge in [0.2, 0.25) is 5.28 Å². The molecule has 5 N–H and O–H groups in total. The molecule has 5 atom stereocenters. The third-order valence-electron chi connectivity index (χ3n) is 5.28. The first-order chi connectivity index (χ1) is 15.0. The Morgan fingerprint density at radius 1 is 1.19 bits per heavy atom. The van der Waals surface area contributed by atoms with Gasteiger partial charge in [-0.1, -0.05) is 0 Å². The van der Waals surface area contributed by atoms with E-state index in [1.165, 1.54) is 11.3 Å². The lowest BCUT2D eigenvalue weighted by atomic mass is 10.0. The zero-order valence-corrected chi connectivity index (χ0v) is 19.9. The minimum atomic E-state index is -4.79. The van der Waals surface area contributed by atoms with Gasteiger partial charge >= 0.3 is 15.2 Å². The van der Waals surface area contributed by atoms with Gasteiger partial charge in [0.1, 0.15) is 24.4 Å². The SMILES string of the molecule is O=P(O)(O)CP(=O)(O)OC[C@H]1O[C@@H](c2csc3c(N4CCCC4)nc(Cl)nc23)C(O)C1O. The maximum atomic E-state index is 11.9. The highest BCUT2D eigenvalue weighted by Gasteiger charge is 2.46. The molecule has 0 aromatic carbocycles. The zero-order chi connectivity index (χ0) is 23.3. The number of hydrogen-bond donors (Lipinski definition) is 5. The van der Waals surface area contributed by atoms with Crippen LogP contribution in [-0.2, 0) is 18.4 Å². The van der Waals surface area contributed by atoms with Crippen molar-refractivity contribution in [1.82, 2.24) is 9.97 Å². The summed E-state index contributed by atoms with van der Waals surface area (Å²) < 4.78 is 34.1. The van der Waals surface area contributed by atoms with Crippen molar-refractivity contribution in [3.63, 3.8) is 0 Å². The van der Waals surface area contributed by atoms with Gasteiger partial charge in [0.05, 0.1) is 16.8 Å². The average Bonchev–Trinajstić information content (AvgIpc) is 3.39. The Morgan fingerprint density at radius 3 is 2.53 bits per heavy atom. The molecule has 2 aliphatic heterocycles. The molecule has 2 aliphatic rings. The van der Waals surface area contributed by atoms with Crippen LogP contribution in [0, 0.1) is 0 Å². The van der Waals surface area contributed by atoms with E-state index in [0.717, 1.165) is 30.6 Å². The van der Waals surface area contributed by atoms with Crippen molar-refractivity contribution >= 4 is 54.2 Å². The third kappa shape index (κ3) is 5.18. The number of nitrogens with zero attached hydrogens (tertiary/aromatic N) is 3. The van der Waals surface area contributed by atoms with Crippen LogP contribution in [0.5, 0.6) is 0 Å². The lowest BCUT2D eigenvalue weighted by molar-refractivity contribution is -0.0181. The molecular formula is C16H22ClN3O9P2S. The molecule has 4 rings (SSSR count). The Kier molecular flexibility index (Phi) is 7.00. The van der Waals surface area contributed by atoms with E-state index in [4.69, 9.17) is 30.6 Å². The topological polar surface area (TPSA) is 183 Å². The fourth-order valence-electron chi connectivity index (χ4n) is 3.85. The number of halogens is 1. The Labute approximate surface area is 191 Å². The second-order valence-corrected chi connectivity index (χ2v) is 12.9. The molecule has 0 bridgehead atoms. The number of ether oxygens (including phenoxy) is 1. The quantitative estimate of drug-likeness (QED) is 0.257. The van der Waals surface area contributed by atoms with Gasteiger partial charge in [-0.3, -0.25) is 9.13 Å². The van der Waals surface area contributed by atoms with E-state index >= 15 is 0 Å². The van der Waals surface area contributed by atoms with Gasteiger partial charge < -0.3 is 39.1 Å². The maximum Gasteiger partial charge on any atom is 0.340 e. The molecule has 3 unspecified atom stereocenters. The summed E-state index contributed by atoms with van der Waals surface area (Å²) in [5.74, 6) is -0.668. The van der Waals surface area contributed by atoms with Crippen molar-refractivity contribution < 1.29 is 43.3 Å². The first-order valence-electron chi connectivity index (χ1n) is 9.67. The molecule has 178 valence electrons. The number of anilines is 1. The van der Waals surface area contributed by atoms with Gasteiger partial charge in [-0.05, 0) is 29.8 Å². The Morgan fingerprint density at radius 2 is 1.88 bits per heavy atom. The van der Waals surface area contributed by atoms with Gasteiger partial charge in [0.25, 0.3) is 0 Å². The summed E-state index contributed by atoms with van der Waals surface area (Å²) in [6.45, 7) is 1.03. The van der Waals surface area contributed by atoms with Gasteiger partial charge in [0.15, 0.2) is 11.7 Å². The summed E-state index contributed by atoms with van der Waals surface area (Å²) >= 11 is 7.50. The predicted molar refractivity (Wildman–Crippen MR) is 116 cm³/mol. The molecule has 16 heteroatoms. The smallest absolute Gasteiger partial charge is 0.340 e. The van der Waals surface area contributed by atoms with Gasteiger partial charge in [-0.15, -0.1) is 11.3 Å². The van der Waals surface area contributed by atoms with Crippen molar-refractivity contribution in [3.05, 3.63) is 16.2 Å². The Bertz CT molecular complexity index is 1090. The van der Waals surface area contributed by atoms with Crippen LogP contribution in [0.25, 0.3) is 10.2 Å². The van der Waals surface area contributed by atoms with Crippen LogP contribution in [0.3, 0.4) is 0 Å². The highest BCUT2D eigenvalue weighted by molar-refractivity contribution is 7.70. The number of aliphatic hydroxyl groups excluding tert-OH is 2. The van der Waals surface area contributed by atoms with Crippen LogP contribution >= 0.6 is 38.1 Å². The number of rotatable bonds is 7. The van der Waals surface area contributed by atoms with Crippen molar-refractivity contribution in [2.45, 2.75) is 37.3 Å². The van der Waals surface area contributed by atoms with Crippen LogP contribution in [-0.4, -0.2) is 78.8 Å². The zero-order valence-electron chi connectivity index (χ0n) is 16.5. The molecule has 0 radical (unpaired) electrons. The van der Waals surface area contributed by atoms with Gasteiger partial charge in [-0.25, -0.2) is 4.98 Å². The van der Waals surface area contributed by atoms with Crippen LogP contribution in [0.15, 0.2) is 5.38 Å². The number of fused-ring (bicyclic) bond motifs is 1. The largest absolute Gasteiger partial charge is 0.387 e. The van der Waals surface area contributed by atoms with Crippen LogP contribution < -0.4 is 4.90 Å². The fourth-order valence-corrected chi connectivity index (χ4v) is 7.63. The van der Waals surface area contributed by atoms with Crippen molar-refractivity contribution in [1.29, 1.82) is 0 Å². The average molecular weight is 530 g/mol. The molecule has 12 nitrogen and oxygen atoms in total. The van der Waals surface area contributed by atoms with Crippen molar-refractivity contribution in [2.75, 3.05) is 30.5 Å². The van der Waals surface area contributed by atoms with Crippen molar-refractivity contribution in [2.24, 2.45) is 0 Å². The van der Waals surface area contributed by atoms with E-state index in [1.54, 1.807) is 5.38 Å². The van der Waals surface area contributed by atoms with E-state index in [2.05, 4.69) is 14.9 Å². The third-order valence-corrected chi connectivity index (χ3v) is 9.88. The van der Waals surface area contributed by atoms with Gasteiger partial charge in [0, 0.05) is 18.7 Å². The molecule has 2 saturated heterocycles. The fraction of sp³-hybridized carbons (Fsp3) is 0.625. The highest BCUT2D eigenvalue weighted by Crippen LogP contribution is 2.55. The molecule has 0 aliphatic carbocycles. The van der Waals surface area contributed by atoms with Gasteiger partial charge in [-0.2, -0.15) is 4.98 Å².